The molecule has 0 spiro atoms. The van der Waals surface area contributed by atoms with E-state index < -0.39 is 0 Å². The second-order valence-corrected chi connectivity index (χ2v) is 3.07. The fraction of sp³-hybridized carbons (Fsp3) is 0.300. The third-order valence-corrected chi connectivity index (χ3v) is 1.80. The van der Waals surface area contributed by atoms with Gasteiger partial charge in [-0.2, -0.15) is 5.26 Å². The van der Waals surface area contributed by atoms with Gasteiger partial charge in [-0.1, -0.05) is 12.1 Å². The lowest BCUT2D eigenvalue weighted by Gasteiger charge is -2.07. The molecule has 1 aromatic carbocycles. The fourth-order valence-electron chi connectivity index (χ4n) is 1.21. The highest BCUT2D eigenvalue weighted by Gasteiger charge is 2.02. The molecule has 0 saturated heterocycles. The van der Waals surface area contributed by atoms with E-state index in [4.69, 9.17) is 16.7 Å². The summed E-state index contributed by atoms with van der Waals surface area (Å²) in [5.41, 5.74) is 13.1. The van der Waals surface area contributed by atoms with Gasteiger partial charge in [-0.3, -0.25) is 0 Å². The number of nitrogen functional groups attached to an aromatic ring is 1. The zero-order valence-corrected chi connectivity index (χ0v) is 7.40. The Balaban J connectivity index is 2.59. The van der Waals surface area contributed by atoms with Gasteiger partial charge in [-0.25, -0.2) is 0 Å². The average molecular weight is 175 g/mol. The molecule has 0 heterocycles. The quantitative estimate of drug-likeness (QED) is 0.674. The lowest BCUT2D eigenvalue weighted by atomic mass is 10.0. The Bertz CT molecular complexity index is 314. The van der Waals surface area contributed by atoms with Crippen molar-refractivity contribution in [3.63, 3.8) is 0 Å². The molecule has 0 unspecified atom stereocenters. The second kappa shape index (κ2) is 4.48. The molecule has 4 N–H and O–H groups in total. The van der Waals surface area contributed by atoms with E-state index in [1.165, 1.54) is 0 Å². The first kappa shape index (κ1) is 9.56. The molecule has 13 heavy (non-hydrogen) atoms. The third-order valence-electron chi connectivity index (χ3n) is 1.80. The van der Waals surface area contributed by atoms with Gasteiger partial charge in [0.15, 0.2) is 0 Å². The number of hydrogen-bond acceptors (Lipinski definition) is 3. The Morgan fingerprint density at radius 2 is 2.23 bits per heavy atom. The molecule has 0 aliphatic heterocycles. The number of nitrogens with two attached hydrogens (primary N) is 2. The fourth-order valence-corrected chi connectivity index (χ4v) is 1.21. The van der Waals surface area contributed by atoms with Gasteiger partial charge in [0.2, 0.25) is 0 Å². The minimum atomic E-state index is -0.0909. The zero-order chi connectivity index (χ0) is 9.68. The number of hydrogen-bond donors (Lipinski definition) is 2. The summed E-state index contributed by atoms with van der Waals surface area (Å²) in [6, 6.07) is 9.53. The first-order valence-corrected chi connectivity index (χ1v) is 4.19. The number of benzene rings is 1. The smallest absolute Gasteiger partial charge is 0.0638 e. The van der Waals surface area contributed by atoms with Gasteiger partial charge < -0.3 is 11.5 Å². The minimum absolute atomic E-state index is 0.0909. The Morgan fingerprint density at radius 1 is 1.46 bits per heavy atom. The summed E-state index contributed by atoms with van der Waals surface area (Å²) in [6.07, 6.45) is 1.09. The predicted octanol–water partition coefficient (Wildman–Crippen LogP) is 1.05. The summed E-state index contributed by atoms with van der Waals surface area (Å²) < 4.78 is 0. The number of anilines is 1. The molecule has 0 aliphatic carbocycles. The van der Waals surface area contributed by atoms with Gasteiger partial charge in [-0.15, -0.1) is 0 Å². The van der Waals surface area contributed by atoms with Crippen molar-refractivity contribution in [1.29, 1.82) is 5.26 Å². The zero-order valence-electron chi connectivity index (χ0n) is 7.40. The van der Waals surface area contributed by atoms with E-state index in [-0.39, 0.29) is 6.04 Å². The van der Waals surface area contributed by atoms with Crippen LogP contribution in [0, 0.1) is 11.3 Å². The second-order valence-electron chi connectivity index (χ2n) is 3.07. The maximum atomic E-state index is 8.41. The van der Waals surface area contributed by atoms with Crippen molar-refractivity contribution in [2.45, 2.75) is 18.9 Å². The van der Waals surface area contributed by atoms with Crippen molar-refractivity contribution in [3.8, 4) is 6.07 Å². The van der Waals surface area contributed by atoms with E-state index in [0.29, 0.717) is 12.8 Å². The van der Waals surface area contributed by atoms with Crippen molar-refractivity contribution in [1.82, 2.24) is 0 Å². The van der Waals surface area contributed by atoms with Crippen LogP contribution in [0.15, 0.2) is 24.3 Å². The van der Waals surface area contributed by atoms with Crippen molar-refractivity contribution in [2.24, 2.45) is 5.73 Å². The predicted molar refractivity (Wildman–Crippen MR) is 52.8 cm³/mol. The number of nitrogens with zero attached hydrogens (tertiary/aromatic N) is 1. The van der Waals surface area contributed by atoms with E-state index in [1.807, 2.05) is 30.3 Å². The van der Waals surface area contributed by atoms with Gasteiger partial charge in [0.1, 0.15) is 0 Å². The number of nitriles is 1. The third kappa shape index (κ3) is 3.14. The molecule has 0 aromatic heterocycles. The lowest BCUT2D eigenvalue weighted by molar-refractivity contribution is 0.685. The Kier molecular flexibility index (Phi) is 3.30. The highest BCUT2D eigenvalue weighted by Crippen LogP contribution is 2.08. The normalized spacial score (nSPS) is 12.0. The van der Waals surface area contributed by atoms with Crippen molar-refractivity contribution in [2.75, 3.05) is 5.73 Å². The van der Waals surface area contributed by atoms with Crippen LogP contribution in [-0.4, -0.2) is 6.04 Å². The largest absolute Gasteiger partial charge is 0.399 e. The van der Waals surface area contributed by atoms with Crippen LogP contribution in [0.4, 0.5) is 5.69 Å². The minimum Gasteiger partial charge on any atom is -0.399 e. The summed E-state index contributed by atoms with van der Waals surface area (Å²) in [4.78, 5) is 0. The average Bonchev–Trinajstić information content (AvgIpc) is 2.04. The van der Waals surface area contributed by atoms with Crippen LogP contribution in [-0.2, 0) is 6.42 Å². The lowest BCUT2D eigenvalue weighted by Crippen LogP contribution is -2.21. The van der Waals surface area contributed by atoms with Crippen molar-refractivity contribution < 1.29 is 0 Å². The molecule has 1 rings (SSSR count). The van der Waals surface area contributed by atoms with E-state index in [0.717, 1.165) is 11.3 Å². The van der Waals surface area contributed by atoms with Crippen molar-refractivity contribution in [3.05, 3.63) is 29.8 Å². The van der Waals surface area contributed by atoms with Gasteiger partial charge in [0.05, 0.1) is 12.5 Å². The highest BCUT2D eigenvalue weighted by atomic mass is 14.6. The molecular formula is C10H13N3. The van der Waals surface area contributed by atoms with Crippen LogP contribution < -0.4 is 11.5 Å². The van der Waals surface area contributed by atoms with Crippen molar-refractivity contribution >= 4 is 5.69 Å². The van der Waals surface area contributed by atoms with E-state index in [9.17, 15) is 0 Å². The molecule has 68 valence electrons. The van der Waals surface area contributed by atoms with E-state index >= 15 is 0 Å². The molecule has 3 heteroatoms. The van der Waals surface area contributed by atoms with Gasteiger partial charge in [-0.05, 0) is 24.1 Å². The summed E-state index contributed by atoms with van der Waals surface area (Å²) in [5, 5.41) is 8.41. The summed E-state index contributed by atoms with van der Waals surface area (Å²) in [6.45, 7) is 0. The van der Waals surface area contributed by atoms with Crippen LogP contribution in [0.25, 0.3) is 0 Å². The van der Waals surface area contributed by atoms with Crippen LogP contribution in [0.1, 0.15) is 12.0 Å². The van der Waals surface area contributed by atoms with Crippen LogP contribution >= 0.6 is 0 Å². The van der Waals surface area contributed by atoms with E-state index in [1.54, 1.807) is 0 Å². The molecule has 0 bridgehead atoms. The maximum Gasteiger partial charge on any atom is 0.0638 e. The molecule has 0 aliphatic rings. The Labute approximate surface area is 78.0 Å². The van der Waals surface area contributed by atoms with Crippen LogP contribution in [0.5, 0.6) is 0 Å². The first-order chi connectivity index (χ1) is 6.22. The SMILES string of the molecule is N#CC[C@@H](N)Cc1cccc(N)c1. The first-order valence-electron chi connectivity index (χ1n) is 4.19. The molecule has 0 saturated carbocycles. The number of rotatable bonds is 3. The Morgan fingerprint density at radius 3 is 2.85 bits per heavy atom. The van der Waals surface area contributed by atoms with Gasteiger partial charge >= 0.3 is 0 Å². The monoisotopic (exact) mass is 175 g/mol. The molecular weight excluding hydrogens is 162 g/mol. The summed E-state index contributed by atoms with van der Waals surface area (Å²) in [7, 11) is 0. The molecule has 0 fully saturated rings. The molecule has 1 aromatic rings. The molecule has 0 amide bonds. The Hall–Kier alpha value is -1.53. The summed E-state index contributed by atoms with van der Waals surface area (Å²) in [5.74, 6) is 0. The van der Waals surface area contributed by atoms with Crippen LogP contribution in [0.2, 0.25) is 0 Å². The molecule has 1 atom stereocenters. The standard InChI is InChI=1S/C10H13N3/c11-5-4-10(13)7-8-2-1-3-9(12)6-8/h1-3,6,10H,4,7,12-13H2/t10-/m1/s1. The van der Waals surface area contributed by atoms with Gasteiger partial charge in [0, 0.05) is 11.7 Å². The summed E-state index contributed by atoms with van der Waals surface area (Å²) >= 11 is 0. The van der Waals surface area contributed by atoms with Crippen LogP contribution in [0.3, 0.4) is 0 Å². The molecule has 0 radical (unpaired) electrons. The maximum absolute atomic E-state index is 8.41. The van der Waals surface area contributed by atoms with E-state index in [2.05, 4.69) is 0 Å². The topological polar surface area (TPSA) is 75.8 Å². The highest BCUT2D eigenvalue weighted by molar-refractivity contribution is 5.40. The molecule has 3 nitrogen and oxygen atoms in total. The van der Waals surface area contributed by atoms with Gasteiger partial charge in [0.25, 0.3) is 0 Å².